The highest BCUT2D eigenvalue weighted by Crippen LogP contribution is 2.40. The molecular formula is C15H16N4. The van der Waals surface area contributed by atoms with Crippen LogP contribution in [-0.2, 0) is 0 Å². The lowest BCUT2D eigenvalue weighted by molar-refractivity contribution is 0.371. The van der Waals surface area contributed by atoms with Crippen molar-refractivity contribution in [2.75, 3.05) is 0 Å². The standard InChI is InChI=1S/C15H16N4/c1-2-6-11(7-3-1)14-12-8-4-5-9-13(12)18-15-16-10-17-19(14)15/h1-3,6-7,10,12,14H,4-5,8-9H2. The molecule has 1 aliphatic heterocycles. The van der Waals surface area contributed by atoms with Crippen molar-refractivity contribution < 1.29 is 0 Å². The van der Waals surface area contributed by atoms with Crippen LogP contribution in [0.1, 0.15) is 37.3 Å². The van der Waals surface area contributed by atoms with E-state index in [2.05, 4.69) is 40.4 Å². The van der Waals surface area contributed by atoms with Crippen molar-refractivity contribution in [3.63, 3.8) is 0 Å². The molecule has 4 heteroatoms. The summed E-state index contributed by atoms with van der Waals surface area (Å²) >= 11 is 0. The molecule has 2 atom stereocenters. The molecule has 0 saturated heterocycles. The van der Waals surface area contributed by atoms with Crippen LogP contribution in [0.5, 0.6) is 0 Å². The van der Waals surface area contributed by atoms with E-state index in [1.807, 2.05) is 4.68 Å². The molecule has 96 valence electrons. The molecule has 1 aromatic heterocycles. The predicted molar refractivity (Wildman–Crippen MR) is 73.7 cm³/mol. The molecule has 0 bridgehead atoms. The van der Waals surface area contributed by atoms with Gasteiger partial charge in [0.05, 0.1) is 6.04 Å². The topological polar surface area (TPSA) is 43.1 Å². The van der Waals surface area contributed by atoms with Gasteiger partial charge in [0, 0.05) is 11.6 Å². The van der Waals surface area contributed by atoms with Crippen molar-refractivity contribution in [2.24, 2.45) is 10.9 Å². The summed E-state index contributed by atoms with van der Waals surface area (Å²) in [6.45, 7) is 0. The van der Waals surface area contributed by atoms with Crippen LogP contribution in [0.25, 0.3) is 0 Å². The molecule has 2 aliphatic rings. The van der Waals surface area contributed by atoms with Crippen molar-refractivity contribution in [2.45, 2.75) is 31.7 Å². The first-order valence-electron chi connectivity index (χ1n) is 6.95. The molecule has 0 spiro atoms. The van der Waals surface area contributed by atoms with Crippen LogP contribution < -0.4 is 0 Å². The lowest BCUT2D eigenvalue weighted by Gasteiger charge is -2.35. The SMILES string of the molecule is c1ccc(C2C3CCCCC3=Nc3ncnn32)cc1. The van der Waals surface area contributed by atoms with Gasteiger partial charge < -0.3 is 0 Å². The number of aliphatic imine (C=N–C) groups is 1. The van der Waals surface area contributed by atoms with E-state index in [-0.39, 0.29) is 6.04 Å². The first-order valence-corrected chi connectivity index (χ1v) is 6.95. The van der Waals surface area contributed by atoms with Gasteiger partial charge in [-0.2, -0.15) is 10.1 Å². The van der Waals surface area contributed by atoms with Gasteiger partial charge in [-0.1, -0.05) is 36.8 Å². The molecule has 2 unspecified atom stereocenters. The zero-order chi connectivity index (χ0) is 12.7. The van der Waals surface area contributed by atoms with Gasteiger partial charge in [0.25, 0.3) is 0 Å². The fraction of sp³-hybridized carbons (Fsp3) is 0.400. The second-order valence-electron chi connectivity index (χ2n) is 5.32. The second kappa shape index (κ2) is 4.30. The van der Waals surface area contributed by atoms with Crippen LogP contribution in [-0.4, -0.2) is 20.5 Å². The Bertz CT molecular complexity index is 614. The molecule has 0 N–H and O–H groups in total. The zero-order valence-corrected chi connectivity index (χ0v) is 10.7. The Kier molecular flexibility index (Phi) is 2.47. The molecule has 19 heavy (non-hydrogen) atoms. The summed E-state index contributed by atoms with van der Waals surface area (Å²) in [5.74, 6) is 1.26. The number of benzene rings is 1. The molecule has 1 aromatic carbocycles. The number of rotatable bonds is 1. The van der Waals surface area contributed by atoms with Crippen LogP contribution in [0.2, 0.25) is 0 Å². The summed E-state index contributed by atoms with van der Waals surface area (Å²) in [7, 11) is 0. The lowest BCUT2D eigenvalue weighted by atomic mass is 9.79. The minimum Gasteiger partial charge on any atom is -0.222 e. The number of hydrogen-bond acceptors (Lipinski definition) is 3. The highest BCUT2D eigenvalue weighted by molar-refractivity contribution is 5.90. The van der Waals surface area contributed by atoms with Crippen molar-refractivity contribution in [3.05, 3.63) is 42.2 Å². The summed E-state index contributed by atoms with van der Waals surface area (Å²) in [5.41, 5.74) is 2.63. The van der Waals surface area contributed by atoms with Crippen molar-refractivity contribution >= 4 is 11.7 Å². The number of aromatic nitrogens is 3. The summed E-state index contributed by atoms with van der Waals surface area (Å²) in [5, 5.41) is 4.40. The van der Waals surface area contributed by atoms with E-state index in [4.69, 9.17) is 4.99 Å². The maximum absolute atomic E-state index is 4.71. The Hall–Kier alpha value is -1.97. The van der Waals surface area contributed by atoms with E-state index in [9.17, 15) is 0 Å². The highest BCUT2D eigenvalue weighted by Gasteiger charge is 2.36. The minimum atomic E-state index is 0.270. The average Bonchev–Trinajstić information content (AvgIpc) is 2.93. The first-order chi connectivity index (χ1) is 9.43. The van der Waals surface area contributed by atoms with Crippen LogP contribution >= 0.6 is 0 Å². The van der Waals surface area contributed by atoms with Gasteiger partial charge in [0.15, 0.2) is 0 Å². The van der Waals surface area contributed by atoms with E-state index in [0.717, 1.165) is 12.4 Å². The fourth-order valence-corrected chi connectivity index (χ4v) is 3.34. The van der Waals surface area contributed by atoms with Crippen molar-refractivity contribution in [1.29, 1.82) is 0 Å². The monoisotopic (exact) mass is 252 g/mol. The number of hydrogen-bond donors (Lipinski definition) is 0. The molecule has 2 aromatic rings. The maximum Gasteiger partial charge on any atom is 0.248 e. The predicted octanol–water partition coefficient (Wildman–Crippen LogP) is 3.14. The summed E-state index contributed by atoms with van der Waals surface area (Å²) in [6, 6.07) is 10.9. The summed E-state index contributed by atoms with van der Waals surface area (Å²) in [6.07, 6.45) is 6.48. The zero-order valence-electron chi connectivity index (χ0n) is 10.7. The van der Waals surface area contributed by atoms with Crippen LogP contribution in [0.15, 0.2) is 41.7 Å². The molecule has 4 rings (SSSR count). The number of fused-ring (bicyclic) bond motifs is 2. The summed E-state index contributed by atoms with van der Waals surface area (Å²) < 4.78 is 1.99. The largest absolute Gasteiger partial charge is 0.248 e. The van der Waals surface area contributed by atoms with Gasteiger partial charge in [-0.3, -0.25) is 0 Å². The third kappa shape index (κ3) is 1.70. The molecule has 1 fully saturated rings. The van der Waals surface area contributed by atoms with Crippen molar-refractivity contribution in [1.82, 2.24) is 14.8 Å². The van der Waals surface area contributed by atoms with Gasteiger partial charge >= 0.3 is 0 Å². The Morgan fingerprint density at radius 2 is 2.00 bits per heavy atom. The quantitative estimate of drug-likeness (QED) is 0.782. The third-order valence-corrected chi connectivity index (χ3v) is 4.21. The van der Waals surface area contributed by atoms with Gasteiger partial charge in [0.2, 0.25) is 5.95 Å². The van der Waals surface area contributed by atoms with E-state index >= 15 is 0 Å². The molecule has 0 radical (unpaired) electrons. The average molecular weight is 252 g/mol. The fourth-order valence-electron chi connectivity index (χ4n) is 3.34. The van der Waals surface area contributed by atoms with E-state index < -0.39 is 0 Å². The second-order valence-corrected chi connectivity index (χ2v) is 5.32. The Morgan fingerprint density at radius 3 is 2.89 bits per heavy atom. The van der Waals surface area contributed by atoms with E-state index in [1.54, 1.807) is 6.33 Å². The maximum atomic E-state index is 4.71. The Labute approximate surface area is 112 Å². The smallest absolute Gasteiger partial charge is 0.222 e. The summed E-state index contributed by atoms with van der Waals surface area (Å²) in [4.78, 5) is 9.00. The minimum absolute atomic E-state index is 0.270. The molecule has 1 saturated carbocycles. The van der Waals surface area contributed by atoms with Gasteiger partial charge in [-0.25, -0.2) is 9.67 Å². The van der Waals surface area contributed by atoms with Gasteiger partial charge in [-0.15, -0.1) is 0 Å². The van der Waals surface area contributed by atoms with E-state index in [0.29, 0.717) is 5.92 Å². The highest BCUT2D eigenvalue weighted by atomic mass is 15.4. The van der Waals surface area contributed by atoms with Crippen LogP contribution in [0.4, 0.5) is 5.95 Å². The number of nitrogens with zero attached hydrogens (tertiary/aromatic N) is 4. The molecule has 1 aliphatic carbocycles. The van der Waals surface area contributed by atoms with Crippen LogP contribution in [0, 0.1) is 5.92 Å². The van der Waals surface area contributed by atoms with Gasteiger partial charge in [0.1, 0.15) is 6.33 Å². The molecular weight excluding hydrogens is 236 g/mol. The Morgan fingerprint density at radius 1 is 1.11 bits per heavy atom. The molecule has 2 heterocycles. The molecule has 4 nitrogen and oxygen atoms in total. The van der Waals surface area contributed by atoms with Crippen molar-refractivity contribution in [3.8, 4) is 0 Å². The first kappa shape index (κ1) is 10.9. The third-order valence-electron chi connectivity index (χ3n) is 4.21. The van der Waals surface area contributed by atoms with Crippen LogP contribution in [0.3, 0.4) is 0 Å². The Balaban J connectivity index is 1.86. The van der Waals surface area contributed by atoms with Gasteiger partial charge in [-0.05, 0) is 24.8 Å². The molecule has 0 amide bonds. The normalized spacial score (nSPS) is 25.4. The lowest BCUT2D eigenvalue weighted by Crippen LogP contribution is -2.33. The van der Waals surface area contributed by atoms with E-state index in [1.165, 1.54) is 30.5 Å².